The zero-order chi connectivity index (χ0) is 23.2. The maximum absolute atomic E-state index is 12.8. The molecule has 1 amide bonds. The molecule has 33 heavy (non-hydrogen) atoms. The summed E-state index contributed by atoms with van der Waals surface area (Å²) in [5, 5.41) is 12.5. The van der Waals surface area contributed by atoms with Crippen LogP contribution in [0.25, 0.3) is 17.1 Å². The number of para-hydroxylation sites is 1. The van der Waals surface area contributed by atoms with Crippen LogP contribution in [0.3, 0.4) is 0 Å². The van der Waals surface area contributed by atoms with Gasteiger partial charge in [-0.15, -0.1) is 10.2 Å². The number of carbonyl (C=O) groups is 1. The smallest absolute Gasteiger partial charge is 0.234 e. The Morgan fingerprint density at radius 2 is 1.85 bits per heavy atom. The third kappa shape index (κ3) is 5.31. The lowest BCUT2D eigenvalue weighted by atomic mass is 9.97. The van der Waals surface area contributed by atoms with Gasteiger partial charge >= 0.3 is 0 Å². The van der Waals surface area contributed by atoms with E-state index in [0.29, 0.717) is 16.9 Å². The van der Waals surface area contributed by atoms with Crippen LogP contribution in [0.15, 0.2) is 78.2 Å². The quantitative estimate of drug-likeness (QED) is 0.334. The Hall–Kier alpha value is -3.45. The minimum atomic E-state index is -0.0721. The van der Waals surface area contributed by atoms with Crippen molar-refractivity contribution in [2.45, 2.75) is 38.3 Å². The Kier molecular flexibility index (Phi) is 7.19. The van der Waals surface area contributed by atoms with E-state index >= 15 is 0 Å². The molecule has 7 heteroatoms. The van der Waals surface area contributed by atoms with Crippen molar-refractivity contribution in [3.8, 4) is 17.1 Å². The molecule has 0 aliphatic heterocycles. The average Bonchev–Trinajstić information content (AvgIpc) is 3.27. The SMILES string of the molecule is CCC(C)c1ccccc1NC(=O)CSc1nnc(-c2cccnc2)n1-c1ccc(C)cc1. The van der Waals surface area contributed by atoms with Crippen molar-refractivity contribution >= 4 is 23.4 Å². The number of anilines is 1. The number of aromatic nitrogens is 4. The first kappa shape index (κ1) is 22.7. The molecule has 0 bridgehead atoms. The van der Waals surface area contributed by atoms with Gasteiger partial charge in [-0.3, -0.25) is 14.3 Å². The van der Waals surface area contributed by atoms with Gasteiger partial charge < -0.3 is 5.32 Å². The fourth-order valence-electron chi connectivity index (χ4n) is 3.55. The molecular weight excluding hydrogens is 430 g/mol. The maximum atomic E-state index is 12.8. The summed E-state index contributed by atoms with van der Waals surface area (Å²) in [5.41, 5.74) is 5.00. The topological polar surface area (TPSA) is 72.7 Å². The van der Waals surface area contributed by atoms with Gasteiger partial charge in [0.2, 0.25) is 5.91 Å². The first-order chi connectivity index (χ1) is 16.1. The molecule has 4 aromatic rings. The first-order valence-electron chi connectivity index (χ1n) is 11.0. The molecule has 1 atom stereocenters. The van der Waals surface area contributed by atoms with Gasteiger partial charge in [0.15, 0.2) is 11.0 Å². The summed E-state index contributed by atoms with van der Waals surface area (Å²) >= 11 is 1.37. The van der Waals surface area contributed by atoms with Gasteiger partial charge in [0.1, 0.15) is 0 Å². The van der Waals surface area contributed by atoms with Crippen LogP contribution >= 0.6 is 11.8 Å². The predicted octanol–water partition coefficient (Wildman–Crippen LogP) is 5.88. The van der Waals surface area contributed by atoms with Crippen LogP contribution in [-0.4, -0.2) is 31.4 Å². The Morgan fingerprint density at radius 3 is 2.58 bits per heavy atom. The van der Waals surface area contributed by atoms with Gasteiger partial charge in [0.05, 0.1) is 5.75 Å². The average molecular weight is 458 g/mol. The molecule has 6 nitrogen and oxygen atoms in total. The number of nitrogens with one attached hydrogen (secondary N) is 1. The van der Waals surface area contributed by atoms with E-state index in [0.717, 1.165) is 28.9 Å². The number of rotatable bonds is 8. The van der Waals surface area contributed by atoms with Crippen molar-refractivity contribution in [2.75, 3.05) is 11.1 Å². The van der Waals surface area contributed by atoms with Gasteiger partial charge in [-0.05, 0) is 55.2 Å². The van der Waals surface area contributed by atoms with Crippen molar-refractivity contribution < 1.29 is 4.79 Å². The van der Waals surface area contributed by atoms with Gasteiger partial charge in [0, 0.05) is 29.3 Å². The highest BCUT2D eigenvalue weighted by Crippen LogP contribution is 2.29. The number of benzene rings is 2. The molecule has 2 heterocycles. The van der Waals surface area contributed by atoms with Crippen LogP contribution in [0.2, 0.25) is 0 Å². The zero-order valence-electron chi connectivity index (χ0n) is 19.0. The molecular formula is C26H27N5OS. The van der Waals surface area contributed by atoms with Gasteiger partial charge in [-0.1, -0.05) is 61.5 Å². The summed E-state index contributed by atoms with van der Waals surface area (Å²) in [4.78, 5) is 17.0. The minimum absolute atomic E-state index is 0.0721. The number of carbonyl (C=O) groups excluding carboxylic acids is 1. The van der Waals surface area contributed by atoms with Crippen molar-refractivity contribution in [1.82, 2.24) is 19.7 Å². The third-order valence-corrected chi connectivity index (χ3v) is 6.48. The third-order valence-electron chi connectivity index (χ3n) is 5.56. The standard InChI is InChI=1S/C26H27N5OS/c1-4-19(3)22-9-5-6-10-23(22)28-24(32)17-33-26-30-29-25(20-8-7-15-27-16-20)31(26)21-13-11-18(2)12-14-21/h5-16,19H,4,17H2,1-3H3,(H,28,32). The van der Waals surface area contributed by atoms with Crippen LogP contribution in [0.5, 0.6) is 0 Å². The van der Waals surface area contributed by atoms with Crippen molar-refractivity contribution in [3.63, 3.8) is 0 Å². The summed E-state index contributed by atoms with van der Waals surface area (Å²) < 4.78 is 1.97. The van der Waals surface area contributed by atoms with E-state index in [1.165, 1.54) is 17.3 Å². The highest BCUT2D eigenvalue weighted by Gasteiger charge is 2.18. The Balaban J connectivity index is 1.57. The largest absolute Gasteiger partial charge is 0.325 e. The number of aryl methyl sites for hydroxylation is 1. The lowest BCUT2D eigenvalue weighted by Gasteiger charge is -2.15. The monoisotopic (exact) mass is 457 g/mol. The van der Waals surface area contributed by atoms with E-state index in [2.05, 4.69) is 59.5 Å². The number of hydrogen-bond donors (Lipinski definition) is 1. The van der Waals surface area contributed by atoms with Crippen LogP contribution in [0.1, 0.15) is 37.3 Å². The number of hydrogen-bond acceptors (Lipinski definition) is 5. The second kappa shape index (κ2) is 10.4. The maximum Gasteiger partial charge on any atom is 0.234 e. The number of nitrogens with zero attached hydrogens (tertiary/aromatic N) is 4. The first-order valence-corrected chi connectivity index (χ1v) is 12.0. The van der Waals surface area contributed by atoms with Crippen LogP contribution in [-0.2, 0) is 4.79 Å². The molecule has 168 valence electrons. The van der Waals surface area contributed by atoms with Crippen LogP contribution in [0, 0.1) is 6.92 Å². The number of thioether (sulfide) groups is 1. The van der Waals surface area contributed by atoms with Gasteiger partial charge in [-0.2, -0.15) is 0 Å². The van der Waals surface area contributed by atoms with Gasteiger partial charge in [-0.25, -0.2) is 0 Å². The Bertz CT molecular complexity index is 1220. The lowest BCUT2D eigenvalue weighted by Crippen LogP contribution is -2.16. The van der Waals surface area contributed by atoms with Crippen molar-refractivity contribution in [3.05, 3.63) is 84.2 Å². The number of amides is 1. The fraction of sp³-hybridized carbons (Fsp3) is 0.231. The molecule has 0 spiro atoms. The summed E-state index contributed by atoms with van der Waals surface area (Å²) in [6.45, 7) is 6.37. The second-order valence-corrected chi connectivity index (χ2v) is 8.89. The van der Waals surface area contributed by atoms with E-state index < -0.39 is 0 Å². The van der Waals surface area contributed by atoms with Crippen molar-refractivity contribution in [2.24, 2.45) is 0 Å². The molecule has 0 radical (unpaired) electrons. The lowest BCUT2D eigenvalue weighted by molar-refractivity contribution is -0.113. The normalized spacial score (nSPS) is 11.8. The van der Waals surface area contributed by atoms with E-state index in [9.17, 15) is 4.79 Å². The Morgan fingerprint density at radius 1 is 1.06 bits per heavy atom. The summed E-state index contributed by atoms with van der Waals surface area (Å²) in [7, 11) is 0. The molecule has 1 unspecified atom stereocenters. The molecule has 2 aromatic carbocycles. The molecule has 2 aromatic heterocycles. The molecule has 4 rings (SSSR count). The summed E-state index contributed by atoms with van der Waals surface area (Å²) in [5.74, 6) is 1.22. The van der Waals surface area contributed by atoms with Crippen molar-refractivity contribution in [1.29, 1.82) is 0 Å². The van der Waals surface area contributed by atoms with E-state index in [1.54, 1.807) is 12.4 Å². The molecule has 0 aliphatic carbocycles. The summed E-state index contributed by atoms with van der Waals surface area (Å²) in [6, 6.07) is 20.0. The van der Waals surface area contributed by atoms with E-state index in [4.69, 9.17) is 0 Å². The van der Waals surface area contributed by atoms with E-state index in [1.807, 2.05) is 47.0 Å². The highest BCUT2D eigenvalue weighted by atomic mass is 32.2. The number of pyridine rings is 1. The molecule has 0 saturated heterocycles. The van der Waals surface area contributed by atoms with Crippen LogP contribution < -0.4 is 5.32 Å². The van der Waals surface area contributed by atoms with Crippen LogP contribution in [0.4, 0.5) is 5.69 Å². The molecule has 0 aliphatic rings. The van der Waals surface area contributed by atoms with Gasteiger partial charge in [0.25, 0.3) is 0 Å². The Labute approximate surface area is 198 Å². The summed E-state index contributed by atoms with van der Waals surface area (Å²) in [6.07, 6.45) is 4.51. The highest BCUT2D eigenvalue weighted by molar-refractivity contribution is 7.99. The second-order valence-electron chi connectivity index (χ2n) is 7.95. The zero-order valence-corrected chi connectivity index (χ0v) is 19.8. The fourth-order valence-corrected chi connectivity index (χ4v) is 4.30. The minimum Gasteiger partial charge on any atom is -0.325 e. The molecule has 0 fully saturated rings. The predicted molar refractivity (Wildman–Crippen MR) is 134 cm³/mol. The molecule has 0 saturated carbocycles. The molecule has 1 N–H and O–H groups in total. The van der Waals surface area contributed by atoms with E-state index in [-0.39, 0.29) is 11.7 Å².